The summed E-state index contributed by atoms with van der Waals surface area (Å²) in [5, 5.41) is 0. The number of hydrogen-bond acceptors (Lipinski definition) is 4. The maximum absolute atomic E-state index is 12.2. The van der Waals surface area contributed by atoms with Crippen molar-refractivity contribution in [3.05, 3.63) is 34.9 Å². The summed E-state index contributed by atoms with van der Waals surface area (Å²) in [7, 11) is 1.36. The van der Waals surface area contributed by atoms with Gasteiger partial charge in [-0.05, 0) is 42.9 Å². The monoisotopic (exact) mass is 276 g/mol. The van der Waals surface area contributed by atoms with Crippen LogP contribution in [0.15, 0.2) is 18.2 Å². The molecule has 0 radical (unpaired) electrons. The Hall–Kier alpha value is -1.84. The summed E-state index contributed by atoms with van der Waals surface area (Å²) >= 11 is 0. The van der Waals surface area contributed by atoms with Crippen LogP contribution in [0.25, 0.3) is 0 Å². The van der Waals surface area contributed by atoms with Crippen molar-refractivity contribution in [2.45, 2.75) is 38.5 Å². The smallest absolute Gasteiger partial charge is 0.338 e. The Kier molecular flexibility index (Phi) is 4.77. The zero-order valence-corrected chi connectivity index (χ0v) is 12.0. The van der Waals surface area contributed by atoms with Crippen molar-refractivity contribution >= 4 is 11.9 Å². The second-order valence-electron chi connectivity index (χ2n) is 4.98. The summed E-state index contributed by atoms with van der Waals surface area (Å²) in [6.07, 6.45) is 3.34. The molecule has 1 aliphatic rings. The molecule has 20 heavy (non-hydrogen) atoms. The Bertz CT molecular complexity index is 507. The molecule has 0 fully saturated rings. The van der Waals surface area contributed by atoms with E-state index in [2.05, 4.69) is 0 Å². The van der Waals surface area contributed by atoms with Gasteiger partial charge in [0.1, 0.15) is 0 Å². The van der Waals surface area contributed by atoms with E-state index in [1.54, 1.807) is 6.07 Å². The zero-order chi connectivity index (χ0) is 14.5. The quantitative estimate of drug-likeness (QED) is 0.793. The lowest BCUT2D eigenvalue weighted by Gasteiger charge is -2.25. The first kappa shape index (κ1) is 14.6. The Morgan fingerprint density at radius 2 is 2.15 bits per heavy atom. The van der Waals surface area contributed by atoms with Gasteiger partial charge in [0.25, 0.3) is 0 Å². The van der Waals surface area contributed by atoms with Gasteiger partial charge >= 0.3 is 11.9 Å². The summed E-state index contributed by atoms with van der Waals surface area (Å²) in [4.78, 5) is 24.1. The topological polar surface area (TPSA) is 52.6 Å². The van der Waals surface area contributed by atoms with Crippen LogP contribution in [-0.4, -0.2) is 25.7 Å². The van der Waals surface area contributed by atoms with E-state index in [0.29, 0.717) is 12.2 Å². The first-order valence-corrected chi connectivity index (χ1v) is 7.05. The van der Waals surface area contributed by atoms with Crippen LogP contribution in [0.2, 0.25) is 0 Å². The van der Waals surface area contributed by atoms with Crippen LogP contribution in [0, 0.1) is 0 Å². The maximum atomic E-state index is 12.2. The molecular weight excluding hydrogens is 256 g/mol. The number of hydrogen-bond donors (Lipinski definition) is 0. The van der Waals surface area contributed by atoms with Gasteiger partial charge in [-0.15, -0.1) is 0 Å². The Balaban J connectivity index is 2.37. The van der Waals surface area contributed by atoms with E-state index in [9.17, 15) is 9.59 Å². The molecule has 0 bridgehead atoms. The van der Waals surface area contributed by atoms with E-state index < -0.39 is 5.97 Å². The third kappa shape index (κ3) is 2.84. The average molecular weight is 276 g/mol. The Morgan fingerprint density at radius 1 is 1.35 bits per heavy atom. The fourth-order valence-electron chi connectivity index (χ4n) is 2.71. The first-order chi connectivity index (χ1) is 9.69. The standard InChI is InChI=1S/C16H20O4/c1-3-10-20-16(18)13-9-5-7-11-6-4-8-12(14(11)13)15(17)19-2/h4,6,8,13H,3,5,7,9-10H2,1-2H3. The second-order valence-corrected chi connectivity index (χ2v) is 4.98. The molecule has 0 aromatic heterocycles. The first-order valence-electron chi connectivity index (χ1n) is 7.05. The Morgan fingerprint density at radius 3 is 2.85 bits per heavy atom. The van der Waals surface area contributed by atoms with Crippen LogP contribution < -0.4 is 0 Å². The Labute approximate surface area is 119 Å². The number of carbonyl (C=O) groups excluding carboxylic acids is 2. The molecule has 0 spiro atoms. The third-order valence-electron chi connectivity index (χ3n) is 3.62. The lowest BCUT2D eigenvalue weighted by molar-refractivity contribution is -0.145. The van der Waals surface area contributed by atoms with Crippen LogP contribution in [-0.2, 0) is 20.7 Å². The largest absolute Gasteiger partial charge is 0.465 e. The van der Waals surface area contributed by atoms with Crippen molar-refractivity contribution in [2.75, 3.05) is 13.7 Å². The normalized spacial score (nSPS) is 17.2. The minimum Gasteiger partial charge on any atom is -0.465 e. The predicted octanol–water partition coefficient (Wildman–Crippen LogP) is 2.85. The molecule has 4 heteroatoms. The van der Waals surface area contributed by atoms with E-state index in [0.717, 1.165) is 36.8 Å². The summed E-state index contributed by atoms with van der Waals surface area (Å²) < 4.78 is 10.1. The zero-order valence-electron chi connectivity index (χ0n) is 12.0. The van der Waals surface area contributed by atoms with Crippen LogP contribution in [0.4, 0.5) is 0 Å². The van der Waals surface area contributed by atoms with Crippen molar-refractivity contribution in [1.29, 1.82) is 0 Å². The van der Waals surface area contributed by atoms with E-state index in [4.69, 9.17) is 9.47 Å². The molecule has 108 valence electrons. The van der Waals surface area contributed by atoms with Crippen LogP contribution in [0.3, 0.4) is 0 Å². The van der Waals surface area contributed by atoms with Gasteiger partial charge in [-0.3, -0.25) is 4.79 Å². The minimum absolute atomic E-state index is 0.232. The molecule has 1 aliphatic carbocycles. The lowest BCUT2D eigenvalue weighted by Crippen LogP contribution is -2.24. The molecule has 1 aromatic rings. The maximum Gasteiger partial charge on any atom is 0.338 e. The summed E-state index contributed by atoms with van der Waals surface area (Å²) in [6, 6.07) is 5.53. The fraction of sp³-hybridized carbons (Fsp3) is 0.500. The molecule has 0 amide bonds. The summed E-state index contributed by atoms with van der Waals surface area (Å²) in [5.41, 5.74) is 2.34. The molecule has 0 saturated heterocycles. The van der Waals surface area contributed by atoms with Gasteiger partial charge in [0.15, 0.2) is 0 Å². The van der Waals surface area contributed by atoms with E-state index >= 15 is 0 Å². The highest BCUT2D eigenvalue weighted by Gasteiger charge is 2.31. The number of rotatable bonds is 4. The molecule has 1 atom stereocenters. The minimum atomic E-state index is -0.392. The summed E-state index contributed by atoms with van der Waals surface area (Å²) in [5.74, 6) is -0.971. The second kappa shape index (κ2) is 6.55. The van der Waals surface area contributed by atoms with E-state index in [1.165, 1.54) is 7.11 Å². The molecule has 0 heterocycles. The average Bonchev–Trinajstić information content (AvgIpc) is 2.50. The number of benzene rings is 1. The van der Waals surface area contributed by atoms with Crippen LogP contribution >= 0.6 is 0 Å². The highest BCUT2D eigenvalue weighted by atomic mass is 16.5. The fourth-order valence-corrected chi connectivity index (χ4v) is 2.71. The molecule has 0 aliphatic heterocycles. The number of carbonyl (C=O) groups is 2. The molecule has 4 nitrogen and oxygen atoms in total. The predicted molar refractivity (Wildman–Crippen MR) is 74.7 cm³/mol. The summed E-state index contributed by atoms with van der Waals surface area (Å²) in [6.45, 7) is 2.38. The molecule has 0 saturated carbocycles. The molecule has 1 unspecified atom stereocenters. The molecular formula is C16H20O4. The van der Waals surface area contributed by atoms with Crippen molar-refractivity contribution in [3.63, 3.8) is 0 Å². The van der Waals surface area contributed by atoms with Gasteiger partial charge in [0.05, 0.1) is 25.2 Å². The van der Waals surface area contributed by atoms with Crippen LogP contribution in [0.1, 0.15) is 53.6 Å². The molecule has 0 N–H and O–H groups in total. The highest BCUT2D eigenvalue weighted by Crippen LogP contribution is 2.35. The number of esters is 2. The molecule has 2 rings (SSSR count). The van der Waals surface area contributed by atoms with Crippen molar-refractivity contribution in [1.82, 2.24) is 0 Å². The lowest BCUT2D eigenvalue weighted by atomic mass is 9.80. The number of ether oxygens (including phenoxy) is 2. The number of aryl methyl sites for hydroxylation is 1. The van der Waals surface area contributed by atoms with E-state index in [1.807, 2.05) is 19.1 Å². The highest BCUT2D eigenvalue weighted by molar-refractivity contribution is 5.94. The van der Waals surface area contributed by atoms with Gasteiger partial charge in [0.2, 0.25) is 0 Å². The van der Waals surface area contributed by atoms with Gasteiger partial charge in [0, 0.05) is 0 Å². The third-order valence-corrected chi connectivity index (χ3v) is 3.62. The SMILES string of the molecule is CCCOC(=O)C1CCCc2cccc(C(=O)OC)c21. The number of methoxy groups -OCH3 is 1. The number of fused-ring (bicyclic) bond motifs is 1. The van der Waals surface area contributed by atoms with Gasteiger partial charge in [-0.25, -0.2) is 4.79 Å². The van der Waals surface area contributed by atoms with Crippen molar-refractivity contribution in [2.24, 2.45) is 0 Å². The van der Waals surface area contributed by atoms with Gasteiger partial charge in [-0.2, -0.15) is 0 Å². The van der Waals surface area contributed by atoms with Gasteiger partial charge in [-0.1, -0.05) is 19.1 Å². The van der Waals surface area contributed by atoms with E-state index in [-0.39, 0.29) is 11.9 Å². The van der Waals surface area contributed by atoms with Crippen LogP contribution in [0.5, 0.6) is 0 Å². The van der Waals surface area contributed by atoms with Crippen molar-refractivity contribution < 1.29 is 19.1 Å². The van der Waals surface area contributed by atoms with Crippen molar-refractivity contribution in [3.8, 4) is 0 Å². The molecule has 1 aromatic carbocycles. The van der Waals surface area contributed by atoms with Gasteiger partial charge < -0.3 is 9.47 Å².